The first-order valence-corrected chi connectivity index (χ1v) is 10.8. The lowest BCUT2D eigenvalue weighted by Crippen LogP contribution is -2.48. The molecule has 156 valence electrons. The average molecular weight is 419 g/mol. The molecule has 0 aliphatic heterocycles. The van der Waals surface area contributed by atoms with Gasteiger partial charge in [0.2, 0.25) is 5.91 Å². The SMILES string of the molecule is O=C(O)C1C2c3ccccc3C(c3ccccc32)C1C(=O)Nc1ccc2ccccc2c1. The highest BCUT2D eigenvalue weighted by molar-refractivity contribution is 5.99. The van der Waals surface area contributed by atoms with Crippen LogP contribution in [0.3, 0.4) is 0 Å². The van der Waals surface area contributed by atoms with Gasteiger partial charge in [-0.2, -0.15) is 0 Å². The van der Waals surface area contributed by atoms with Gasteiger partial charge in [0.25, 0.3) is 0 Å². The molecule has 0 heterocycles. The number of anilines is 1. The van der Waals surface area contributed by atoms with Gasteiger partial charge in [-0.25, -0.2) is 0 Å². The van der Waals surface area contributed by atoms with Gasteiger partial charge in [0.05, 0.1) is 11.8 Å². The third kappa shape index (κ3) is 2.69. The number of carbonyl (C=O) groups is 2. The predicted octanol–water partition coefficient (Wildman–Crippen LogP) is 5.39. The fourth-order valence-electron chi connectivity index (χ4n) is 5.78. The first-order chi connectivity index (χ1) is 15.6. The van der Waals surface area contributed by atoms with Crippen LogP contribution >= 0.6 is 0 Å². The maximum atomic E-state index is 13.7. The topological polar surface area (TPSA) is 66.4 Å². The van der Waals surface area contributed by atoms with Crippen molar-refractivity contribution in [1.29, 1.82) is 0 Å². The Morgan fingerprint density at radius 3 is 1.69 bits per heavy atom. The molecule has 4 aromatic carbocycles. The van der Waals surface area contributed by atoms with E-state index in [1.54, 1.807) is 0 Å². The van der Waals surface area contributed by atoms with Crippen molar-refractivity contribution in [2.75, 3.05) is 5.32 Å². The van der Waals surface area contributed by atoms with E-state index in [2.05, 4.69) is 5.32 Å². The second-order valence-corrected chi connectivity index (χ2v) is 8.65. The van der Waals surface area contributed by atoms with Gasteiger partial charge in [0, 0.05) is 17.5 Å². The van der Waals surface area contributed by atoms with E-state index >= 15 is 0 Å². The second kappa shape index (κ2) is 7.06. The van der Waals surface area contributed by atoms with E-state index in [9.17, 15) is 14.7 Å². The van der Waals surface area contributed by atoms with Gasteiger partial charge < -0.3 is 10.4 Å². The fraction of sp³-hybridized carbons (Fsp3) is 0.143. The third-order valence-electron chi connectivity index (χ3n) is 7.04. The summed E-state index contributed by atoms with van der Waals surface area (Å²) in [4.78, 5) is 26.2. The van der Waals surface area contributed by atoms with Crippen molar-refractivity contribution in [1.82, 2.24) is 0 Å². The minimum atomic E-state index is -0.928. The molecule has 0 saturated heterocycles. The van der Waals surface area contributed by atoms with Crippen LogP contribution in [0.25, 0.3) is 10.8 Å². The normalized spacial score (nSPS) is 22.8. The fourth-order valence-corrected chi connectivity index (χ4v) is 5.78. The quantitative estimate of drug-likeness (QED) is 0.468. The highest BCUT2D eigenvalue weighted by Gasteiger charge is 2.55. The van der Waals surface area contributed by atoms with E-state index in [1.807, 2.05) is 91.0 Å². The molecule has 0 fully saturated rings. The number of rotatable bonds is 3. The lowest BCUT2D eigenvalue weighted by molar-refractivity contribution is -0.148. The molecule has 3 aliphatic rings. The number of carboxylic acids is 1. The monoisotopic (exact) mass is 419 g/mol. The molecule has 4 aromatic rings. The number of aliphatic carboxylic acids is 1. The zero-order valence-electron chi connectivity index (χ0n) is 17.2. The Kier molecular flexibility index (Phi) is 4.15. The summed E-state index contributed by atoms with van der Waals surface area (Å²) in [7, 11) is 0. The van der Waals surface area contributed by atoms with Crippen molar-refractivity contribution >= 4 is 28.3 Å². The first kappa shape index (κ1) is 18.8. The number of benzene rings is 4. The van der Waals surface area contributed by atoms with Gasteiger partial charge >= 0.3 is 5.97 Å². The molecule has 0 radical (unpaired) electrons. The molecule has 0 aromatic heterocycles. The zero-order chi connectivity index (χ0) is 21.8. The number of hydrogen-bond donors (Lipinski definition) is 2. The number of carboxylic acid groups (broad SMARTS) is 1. The van der Waals surface area contributed by atoms with Crippen LogP contribution in [0.4, 0.5) is 5.69 Å². The summed E-state index contributed by atoms with van der Waals surface area (Å²) in [5.74, 6) is -3.29. The van der Waals surface area contributed by atoms with Crippen LogP contribution in [0.2, 0.25) is 0 Å². The van der Waals surface area contributed by atoms with E-state index < -0.39 is 17.8 Å². The van der Waals surface area contributed by atoms with Crippen molar-refractivity contribution in [3.05, 3.63) is 113 Å². The molecule has 1 amide bonds. The highest BCUT2D eigenvalue weighted by atomic mass is 16.4. The largest absolute Gasteiger partial charge is 0.481 e. The van der Waals surface area contributed by atoms with Crippen molar-refractivity contribution < 1.29 is 14.7 Å². The van der Waals surface area contributed by atoms with Gasteiger partial charge in [-0.15, -0.1) is 0 Å². The van der Waals surface area contributed by atoms with E-state index in [0.29, 0.717) is 5.69 Å². The Morgan fingerprint density at radius 1 is 0.625 bits per heavy atom. The third-order valence-corrected chi connectivity index (χ3v) is 7.04. The number of hydrogen-bond acceptors (Lipinski definition) is 2. The zero-order valence-corrected chi connectivity index (χ0v) is 17.2. The second-order valence-electron chi connectivity index (χ2n) is 8.65. The molecular weight excluding hydrogens is 398 g/mol. The molecule has 0 saturated carbocycles. The lowest BCUT2D eigenvalue weighted by atomic mass is 9.54. The number of carbonyl (C=O) groups excluding carboxylic acids is 1. The van der Waals surface area contributed by atoms with Gasteiger partial charge in [-0.1, -0.05) is 78.9 Å². The van der Waals surface area contributed by atoms with Crippen LogP contribution < -0.4 is 5.32 Å². The lowest BCUT2D eigenvalue weighted by Gasteiger charge is -2.48. The molecule has 32 heavy (non-hydrogen) atoms. The van der Waals surface area contributed by atoms with Crippen LogP contribution in [0.1, 0.15) is 34.1 Å². The molecule has 3 aliphatic carbocycles. The Bertz CT molecular complexity index is 1340. The smallest absolute Gasteiger partial charge is 0.308 e. The highest BCUT2D eigenvalue weighted by Crippen LogP contribution is 2.58. The summed E-state index contributed by atoms with van der Waals surface area (Å²) in [6, 6.07) is 29.7. The van der Waals surface area contributed by atoms with Crippen molar-refractivity contribution in [2.45, 2.75) is 11.8 Å². The number of fused-ring (bicyclic) bond motifs is 2. The molecule has 2 N–H and O–H groups in total. The minimum Gasteiger partial charge on any atom is -0.481 e. The maximum absolute atomic E-state index is 13.7. The molecule has 7 rings (SSSR count). The van der Waals surface area contributed by atoms with E-state index in [0.717, 1.165) is 33.0 Å². The molecule has 4 nitrogen and oxygen atoms in total. The maximum Gasteiger partial charge on any atom is 0.308 e. The summed E-state index contributed by atoms with van der Waals surface area (Å²) in [6.07, 6.45) is 0. The summed E-state index contributed by atoms with van der Waals surface area (Å²) >= 11 is 0. The Morgan fingerprint density at radius 2 is 1.12 bits per heavy atom. The Labute approximate surface area is 185 Å². The number of amides is 1. The predicted molar refractivity (Wildman–Crippen MR) is 124 cm³/mol. The Hall–Kier alpha value is -3.92. The molecule has 2 bridgehead atoms. The minimum absolute atomic E-state index is 0.244. The standard InChI is InChI=1S/C28H21NO3/c30-27(29-18-14-13-16-7-1-2-8-17(16)15-18)25-23-19-9-3-5-11-21(19)24(26(25)28(31)32)22-12-6-4-10-20(22)23/h1-15,23-26H,(H,29,30)(H,31,32). The van der Waals surface area contributed by atoms with Crippen LogP contribution in [0.15, 0.2) is 91.0 Å². The number of nitrogens with one attached hydrogen (secondary N) is 1. The van der Waals surface area contributed by atoms with Crippen LogP contribution in [-0.4, -0.2) is 17.0 Å². The van der Waals surface area contributed by atoms with Gasteiger partial charge in [-0.05, 0) is 45.2 Å². The van der Waals surface area contributed by atoms with Crippen LogP contribution in [-0.2, 0) is 9.59 Å². The first-order valence-electron chi connectivity index (χ1n) is 10.8. The van der Waals surface area contributed by atoms with Gasteiger partial charge in [-0.3, -0.25) is 9.59 Å². The Balaban J connectivity index is 1.46. The summed E-state index contributed by atoms with van der Waals surface area (Å²) in [5.41, 5.74) is 4.86. The molecule has 2 atom stereocenters. The van der Waals surface area contributed by atoms with Crippen molar-refractivity contribution in [3.63, 3.8) is 0 Å². The summed E-state index contributed by atoms with van der Waals surface area (Å²) < 4.78 is 0. The van der Waals surface area contributed by atoms with Crippen LogP contribution in [0.5, 0.6) is 0 Å². The molecule has 0 spiro atoms. The summed E-state index contributed by atoms with van der Waals surface area (Å²) in [6.45, 7) is 0. The van der Waals surface area contributed by atoms with Gasteiger partial charge in [0.1, 0.15) is 0 Å². The van der Waals surface area contributed by atoms with Crippen molar-refractivity contribution in [2.24, 2.45) is 11.8 Å². The molecular formula is C28H21NO3. The molecule has 4 heteroatoms. The van der Waals surface area contributed by atoms with Gasteiger partial charge in [0.15, 0.2) is 0 Å². The summed E-state index contributed by atoms with van der Waals surface area (Å²) in [5, 5.41) is 15.4. The average Bonchev–Trinajstić information content (AvgIpc) is 2.83. The van der Waals surface area contributed by atoms with E-state index in [1.165, 1.54) is 0 Å². The molecule has 2 unspecified atom stereocenters. The van der Waals surface area contributed by atoms with Crippen LogP contribution in [0, 0.1) is 11.8 Å². The van der Waals surface area contributed by atoms with Crippen molar-refractivity contribution in [3.8, 4) is 0 Å². The van der Waals surface area contributed by atoms with E-state index in [4.69, 9.17) is 0 Å². The van der Waals surface area contributed by atoms with E-state index in [-0.39, 0.29) is 17.7 Å².